The van der Waals surface area contributed by atoms with E-state index in [9.17, 15) is 14.7 Å². The summed E-state index contributed by atoms with van der Waals surface area (Å²) in [5, 5.41) is 11.3. The van der Waals surface area contributed by atoms with Gasteiger partial charge in [0, 0.05) is 15.6 Å². The molecule has 0 spiro atoms. The summed E-state index contributed by atoms with van der Waals surface area (Å²) in [6.07, 6.45) is 1.98. The zero-order chi connectivity index (χ0) is 19.0. The normalized spacial score (nSPS) is 22.3. The Morgan fingerprint density at radius 1 is 1.07 bits per heavy atom. The molecule has 2 aromatic carbocycles. The minimum atomic E-state index is -1.82. The van der Waals surface area contributed by atoms with Crippen molar-refractivity contribution in [2.75, 3.05) is 24.7 Å². The molecule has 1 saturated heterocycles. The summed E-state index contributed by atoms with van der Waals surface area (Å²) in [6.45, 7) is 2.34. The number of para-hydroxylation sites is 1. The first-order valence-electron chi connectivity index (χ1n) is 9.14. The monoisotopic (exact) mass is 428 g/mol. The molecule has 1 amide bonds. The zero-order valence-corrected chi connectivity index (χ0v) is 16.5. The van der Waals surface area contributed by atoms with Crippen LogP contribution in [0.25, 0.3) is 0 Å². The van der Waals surface area contributed by atoms with Gasteiger partial charge in [0.2, 0.25) is 0 Å². The molecule has 1 N–H and O–H groups in total. The van der Waals surface area contributed by atoms with Crippen molar-refractivity contribution in [2.24, 2.45) is 0 Å². The van der Waals surface area contributed by atoms with Crippen molar-refractivity contribution in [3.63, 3.8) is 0 Å². The first-order chi connectivity index (χ1) is 13.0. The van der Waals surface area contributed by atoms with Gasteiger partial charge in [0.25, 0.3) is 5.91 Å². The molecule has 2 heterocycles. The number of carbonyl (C=O) groups excluding carboxylic acids is 2. The van der Waals surface area contributed by atoms with Gasteiger partial charge in [-0.15, -0.1) is 0 Å². The van der Waals surface area contributed by atoms with Crippen LogP contribution in [0.2, 0.25) is 0 Å². The SMILES string of the molecule is O=C(C[C@@]1(O)C(=O)N(CN2CCCC2)c2ccccc21)c1ccc(Br)cc1. The number of hydrogen-bond donors (Lipinski definition) is 1. The third kappa shape index (κ3) is 3.33. The van der Waals surface area contributed by atoms with E-state index in [1.807, 2.05) is 12.1 Å². The number of anilines is 1. The van der Waals surface area contributed by atoms with Crippen LogP contribution in [0.1, 0.15) is 35.2 Å². The average molecular weight is 429 g/mol. The summed E-state index contributed by atoms with van der Waals surface area (Å²) < 4.78 is 0.872. The Labute approximate surface area is 166 Å². The minimum absolute atomic E-state index is 0.254. The van der Waals surface area contributed by atoms with Gasteiger partial charge in [0.05, 0.1) is 18.8 Å². The van der Waals surface area contributed by atoms with E-state index in [-0.39, 0.29) is 12.2 Å². The van der Waals surface area contributed by atoms with Crippen LogP contribution in [0.15, 0.2) is 53.0 Å². The highest BCUT2D eigenvalue weighted by molar-refractivity contribution is 9.10. The average Bonchev–Trinajstić information content (AvgIpc) is 3.25. The third-order valence-electron chi connectivity index (χ3n) is 5.36. The lowest BCUT2D eigenvalue weighted by molar-refractivity contribution is -0.136. The van der Waals surface area contributed by atoms with Crippen molar-refractivity contribution in [3.05, 3.63) is 64.1 Å². The molecule has 0 aliphatic carbocycles. The molecule has 5 nitrogen and oxygen atoms in total. The number of amides is 1. The number of ketones is 1. The number of aliphatic hydroxyl groups is 1. The van der Waals surface area contributed by atoms with Gasteiger partial charge in [-0.1, -0.05) is 46.3 Å². The van der Waals surface area contributed by atoms with Gasteiger partial charge in [0.15, 0.2) is 11.4 Å². The van der Waals surface area contributed by atoms with Gasteiger partial charge in [-0.25, -0.2) is 0 Å². The van der Waals surface area contributed by atoms with Gasteiger partial charge >= 0.3 is 0 Å². The third-order valence-corrected chi connectivity index (χ3v) is 5.89. The summed E-state index contributed by atoms with van der Waals surface area (Å²) in [7, 11) is 0. The summed E-state index contributed by atoms with van der Waals surface area (Å²) in [4.78, 5) is 29.8. The van der Waals surface area contributed by atoms with E-state index in [0.717, 1.165) is 30.4 Å². The second-order valence-electron chi connectivity index (χ2n) is 7.18. The molecule has 1 atom stereocenters. The molecule has 6 heteroatoms. The van der Waals surface area contributed by atoms with Crippen molar-refractivity contribution in [1.82, 2.24) is 4.90 Å². The molecule has 0 saturated carbocycles. The van der Waals surface area contributed by atoms with Gasteiger partial charge in [0.1, 0.15) is 0 Å². The molecule has 0 unspecified atom stereocenters. The van der Waals surface area contributed by atoms with Crippen molar-refractivity contribution in [1.29, 1.82) is 0 Å². The largest absolute Gasteiger partial charge is 0.375 e. The summed E-state index contributed by atoms with van der Waals surface area (Å²) in [5.74, 6) is -0.669. The highest BCUT2D eigenvalue weighted by atomic mass is 79.9. The lowest BCUT2D eigenvalue weighted by Gasteiger charge is -2.26. The minimum Gasteiger partial charge on any atom is -0.375 e. The first kappa shape index (κ1) is 18.3. The van der Waals surface area contributed by atoms with E-state index in [1.54, 1.807) is 41.3 Å². The standard InChI is InChI=1S/C21H21BrN2O3/c22-16-9-7-15(8-10-16)19(25)13-21(27)17-5-1-2-6-18(17)24(20(21)26)14-23-11-3-4-12-23/h1-2,5-10,27H,3-4,11-14H2/t21-/m0/s1. The number of benzene rings is 2. The zero-order valence-electron chi connectivity index (χ0n) is 14.9. The Hall–Kier alpha value is -2.02. The lowest BCUT2D eigenvalue weighted by atomic mass is 9.88. The van der Waals surface area contributed by atoms with E-state index in [0.29, 0.717) is 23.5 Å². The smallest absolute Gasteiger partial charge is 0.265 e. The van der Waals surface area contributed by atoms with E-state index < -0.39 is 11.5 Å². The predicted octanol–water partition coefficient (Wildman–Crippen LogP) is 3.31. The second-order valence-corrected chi connectivity index (χ2v) is 8.10. The van der Waals surface area contributed by atoms with Crippen LogP contribution in [-0.2, 0) is 10.4 Å². The van der Waals surface area contributed by atoms with Crippen LogP contribution in [0.3, 0.4) is 0 Å². The molecular formula is C21H21BrN2O3. The predicted molar refractivity (Wildman–Crippen MR) is 107 cm³/mol. The van der Waals surface area contributed by atoms with Crippen LogP contribution in [0, 0.1) is 0 Å². The molecule has 2 aliphatic rings. The van der Waals surface area contributed by atoms with Crippen LogP contribution in [-0.4, -0.2) is 41.5 Å². The Bertz CT molecular complexity index is 877. The maximum Gasteiger partial charge on any atom is 0.265 e. The van der Waals surface area contributed by atoms with Crippen LogP contribution >= 0.6 is 15.9 Å². The van der Waals surface area contributed by atoms with Crippen LogP contribution in [0.5, 0.6) is 0 Å². The van der Waals surface area contributed by atoms with Crippen LogP contribution < -0.4 is 4.90 Å². The molecule has 4 rings (SSSR count). The summed E-state index contributed by atoms with van der Waals surface area (Å²) >= 11 is 3.35. The van der Waals surface area contributed by atoms with Crippen LogP contribution in [0.4, 0.5) is 5.69 Å². The maximum absolute atomic E-state index is 13.2. The molecule has 1 fully saturated rings. The Kier molecular flexibility index (Phi) is 4.88. The first-order valence-corrected chi connectivity index (χ1v) is 9.93. The quantitative estimate of drug-likeness (QED) is 0.742. The van der Waals surface area contributed by atoms with E-state index in [2.05, 4.69) is 20.8 Å². The number of halogens is 1. The number of rotatable bonds is 5. The fourth-order valence-corrected chi connectivity index (χ4v) is 4.18. The molecule has 0 radical (unpaired) electrons. The molecule has 27 heavy (non-hydrogen) atoms. The number of Topliss-reactive ketones (excluding diaryl/α,β-unsaturated/α-hetero) is 1. The second kappa shape index (κ2) is 7.19. The molecule has 0 bridgehead atoms. The highest BCUT2D eigenvalue weighted by Gasteiger charge is 2.51. The Balaban J connectivity index is 1.63. The fraction of sp³-hybridized carbons (Fsp3) is 0.333. The molecule has 0 aromatic heterocycles. The fourth-order valence-electron chi connectivity index (χ4n) is 3.91. The molecule has 140 valence electrons. The van der Waals surface area contributed by atoms with Crippen molar-refractivity contribution < 1.29 is 14.7 Å². The number of hydrogen-bond acceptors (Lipinski definition) is 4. The van der Waals surface area contributed by atoms with Crippen molar-refractivity contribution >= 4 is 33.3 Å². The van der Waals surface area contributed by atoms with Crippen molar-refractivity contribution in [3.8, 4) is 0 Å². The van der Waals surface area contributed by atoms with Gasteiger partial charge in [-0.05, 0) is 44.1 Å². The number of nitrogens with zero attached hydrogens (tertiary/aromatic N) is 2. The topological polar surface area (TPSA) is 60.9 Å². The van der Waals surface area contributed by atoms with E-state index in [4.69, 9.17) is 0 Å². The lowest BCUT2D eigenvalue weighted by Crippen LogP contribution is -2.45. The highest BCUT2D eigenvalue weighted by Crippen LogP contribution is 2.43. The number of likely N-dealkylation sites (tertiary alicyclic amines) is 1. The summed E-state index contributed by atoms with van der Waals surface area (Å²) in [5.41, 5.74) is -0.129. The van der Waals surface area contributed by atoms with Crippen molar-refractivity contribution in [2.45, 2.75) is 24.9 Å². The molecular weight excluding hydrogens is 408 g/mol. The Morgan fingerprint density at radius 2 is 1.74 bits per heavy atom. The Morgan fingerprint density at radius 3 is 2.44 bits per heavy atom. The summed E-state index contributed by atoms with van der Waals surface area (Å²) in [6, 6.07) is 14.2. The molecule has 2 aromatic rings. The van der Waals surface area contributed by atoms with Gasteiger partial charge in [-0.3, -0.25) is 19.4 Å². The maximum atomic E-state index is 13.2. The number of fused-ring (bicyclic) bond motifs is 1. The van der Waals surface area contributed by atoms with E-state index in [1.165, 1.54) is 0 Å². The number of carbonyl (C=O) groups is 2. The van der Waals surface area contributed by atoms with Gasteiger partial charge < -0.3 is 5.11 Å². The van der Waals surface area contributed by atoms with Gasteiger partial charge in [-0.2, -0.15) is 0 Å². The molecule has 2 aliphatic heterocycles. The van der Waals surface area contributed by atoms with E-state index >= 15 is 0 Å².